The Morgan fingerprint density at radius 2 is 2.15 bits per heavy atom. The van der Waals surface area contributed by atoms with Crippen LogP contribution < -0.4 is 10.1 Å². The van der Waals surface area contributed by atoms with Gasteiger partial charge in [0.05, 0.1) is 25.4 Å². The maximum Gasteiger partial charge on any atom is 0.122 e. The number of anilines is 1. The van der Waals surface area contributed by atoms with Gasteiger partial charge in [0.15, 0.2) is 0 Å². The molecular weight excluding hydrogens is 252 g/mol. The fourth-order valence-electron chi connectivity index (χ4n) is 2.21. The average Bonchev–Trinajstić information content (AvgIpc) is 2.97. The lowest BCUT2D eigenvalue weighted by Crippen LogP contribution is -2.00. The number of aromatic nitrogens is 1. The Morgan fingerprint density at radius 1 is 1.25 bits per heavy atom. The Labute approximate surface area is 117 Å². The molecule has 0 bridgehead atoms. The van der Waals surface area contributed by atoms with Crippen LogP contribution in [0.2, 0.25) is 0 Å². The lowest BCUT2D eigenvalue weighted by molar-refractivity contribution is 0.415. The van der Waals surface area contributed by atoms with Crippen molar-refractivity contribution < 1.29 is 9.15 Å². The Hall–Kier alpha value is -2.49. The van der Waals surface area contributed by atoms with Crippen LogP contribution >= 0.6 is 0 Å². The summed E-state index contributed by atoms with van der Waals surface area (Å²) in [7, 11) is 1.66. The molecule has 0 saturated carbocycles. The van der Waals surface area contributed by atoms with Crippen LogP contribution in [-0.4, -0.2) is 12.1 Å². The molecular formula is C16H16N2O2. The fraction of sp³-hybridized carbons (Fsp3) is 0.188. The summed E-state index contributed by atoms with van der Waals surface area (Å²) < 4.78 is 10.6. The standard InChI is InChI=1S/C16H16N2O2/c1-11-8-15(17-10-13-4-3-7-20-13)14-6-5-12(19-2)9-16(14)18-11/h3-9H,10H2,1-2H3,(H,17,18). The summed E-state index contributed by atoms with van der Waals surface area (Å²) in [6.45, 7) is 2.63. The first-order valence-electron chi connectivity index (χ1n) is 6.48. The maximum atomic E-state index is 5.34. The smallest absolute Gasteiger partial charge is 0.122 e. The Balaban J connectivity index is 1.96. The van der Waals surface area contributed by atoms with Crippen molar-refractivity contribution >= 4 is 16.6 Å². The van der Waals surface area contributed by atoms with E-state index in [0.29, 0.717) is 6.54 Å². The second-order valence-electron chi connectivity index (χ2n) is 4.63. The molecule has 20 heavy (non-hydrogen) atoms. The first kappa shape index (κ1) is 12.5. The summed E-state index contributed by atoms with van der Waals surface area (Å²) in [5, 5.41) is 4.47. The summed E-state index contributed by atoms with van der Waals surface area (Å²) >= 11 is 0. The van der Waals surface area contributed by atoms with Crippen molar-refractivity contribution in [1.82, 2.24) is 4.98 Å². The van der Waals surface area contributed by atoms with E-state index in [1.807, 2.05) is 43.3 Å². The zero-order chi connectivity index (χ0) is 13.9. The SMILES string of the molecule is COc1ccc2c(NCc3ccco3)cc(C)nc2c1. The fourth-order valence-corrected chi connectivity index (χ4v) is 2.21. The second kappa shape index (κ2) is 5.25. The number of fused-ring (bicyclic) bond motifs is 1. The summed E-state index contributed by atoms with van der Waals surface area (Å²) in [5.74, 6) is 1.72. The molecule has 1 aromatic carbocycles. The van der Waals surface area contributed by atoms with E-state index in [1.165, 1.54) is 0 Å². The van der Waals surface area contributed by atoms with Gasteiger partial charge in [-0.25, -0.2) is 0 Å². The molecule has 3 rings (SSSR count). The second-order valence-corrected chi connectivity index (χ2v) is 4.63. The molecule has 0 aliphatic carbocycles. The first-order valence-corrected chi connectivity index (χ1v) is 6.48. The van der Waals surface area contributed by atoms with E-state index in [2.05, 4.69) is 10.3 Å². The van der Waals surface area contributed by atoms with Crippen molar-refractivity contribution in [2.75, 3.05) is 12.4 Å². The number of aryl methyl sites for hydroxylation is 1. The number of nitrogens with one attached hydrogen (secondary N) is 1. The summed E-state index contributed by atoms with van der Waals surface area (Å²) in [4.78, 5) is 4.55. The number of hydrogen-bond donors (Lipinski definition) is 1. The lowest BCUT2D eigenvalue weighted by Gasteiger charge is -2.10. The number of nitrogens with zero attached hydrogens (tertiary/aromatic N) is 1. The number of rotatable bonds is 4. The van der Waals surface area contributed by atoms with Gasteiger partial charge in [0, 0.05) is 22.8 Å². The molecule has 0 spiro atoms. The van der Waals surface area contributed by atoms with E-state index in [4.69, 9.17) is 9.15 Å². The molecule has 4 heteroatoms. The van der Waals surface area contributed by atoms with Crippen molar-refractivity contribution in [3.8, 4) is 5.75 Å². The van der Waals surface area contributed by atoms with Crippen LogP contribution in [0, 0.1) is 6.92 Å². The molecule has 0 radical (unpaired) electrons. The predicted molar refractivity (Wildman–Crippen MR) is 79.1 cm³/mol. The molecule has 0 aliphatic rings. The van der Waals surface area contributed by atoms with E-state index in [0.717, 1.165) is 33.8 Å². The highest BCUT2D eigenvalue weighted by Gasteiger charge is 2.06. The first-order chi connectivity index (χ1) is 9.76. The van der Waals surface area contributed by atoms with E-state index in [1.54, 1.807) is 13.4 Å². The topological polar surface area (TPSA) is 47.3 Å². The molecule has 2 aromatic heterocycles. The number of pyridine rings is 1. The van der Waals surface area contributed by atoms with Gasteiger partial charge in [-0.1, -0.05) is 0 Å². The minimum atomic E-state index is 0.650. The van der Waals surface area contributed by atoms with Gasteiger partial charge in [0.1, 0.15) is 11.5 Å². The van der Waals surface area contributed by atoms with Crippen LogP contribution in [0.15, 0.2) is 47.1 Å². The average molecular weight is 268 g/mol. The normalized spacial score (nSPS) is 10.7. The Kier molecular flexibility index (Phi) is 3.29. The van der Waals surface area contributed by atoms with Crippen molar-refractivity contribution in [2.45, 2.75) is 13.5 Å². The monoisotopic (exact) mass is 268 g/mol. The Bertz CT molecular complexity index is 721. The minimum absolute atomic E-state index is 0.650. The van der Waals surface area contributed by atoms with E-state index >= 15 is 0 Å². The molecule has 0 saturated heterocycles. The van der Waals surface area contributed by atoms with E-state index in [-0.39, 0.29) is 0 Å². The van der Waals surface area contributed by atoms with Gasteiger partial charge in [0.25, 0.3) is 0 Å². The van der Waals surface area contributed by atoms with Crippen LogP contribution in [-0.2, 0) is 6.54 Å². The maximum absolute atomic E-state index is 5.34. The summed E-state index contributed by atoms with van der Waals surface area (Å²) in [6, 6.07) is 11.8. The number of furan rings is 1. The molecule has 4 nitrogen and oxygen atoms in total. The molecule has 3 aromatic rings. The third kappa shape index (κ3) is 2.45. The molecule has 102 valence electrons. The zero-order valence-electron chi connectivity index (χ0n) is 11.5. The highest BCUT2D eigenvalue weighted by atomic mass is 16.5. The summed E-state index contributed by atoms with van der Waals surface area (Å²) in [5.41, 5.74) is 2.94. The number of ether oxygens (including phenoxy) is 1. The number of methoxy groups -OCH3 is 1. The lowest BCUT2D eigenvalue weighted by atomic mass is 10.1. The van der Waals surface area contributed by atoms with Gasteiger partial charge < -0.3 is 14.5 Å². The predicted octanol–water partition coefficient (Wildman–Crippen LogP) is 3.76. The Morgan fingerprint density at radius 3 is 2.90 bits per heavy atom. The van der Waals surface area contributed by atoms with Crippen LogP contribution in [0.5, 0.6) is 5.75 Å². The third-order valence-electron chi connectivity index (χ3n) is 3.18. The molecule has 0 fully saturated rings. The van der Waals surface area contributed by atoms with Gasteiger partial charge in [-0.3, -0.25) is 4.98 Å². The van der Waals surface area contributed by atoms with Gasteiger partial charge in [0.2, 0.25) is 0 Å². The van der Waals surface area contributed by atoms with E-state index in [9.17, 15) is 0 Å². The number of hydrogen-bond acceptors (Lipinski definition) is 4. The minimum Gasteiger partial charge on any atom is -0.497 e. The van der Waals surface area contributed by atoms with Crippen LogP contribution in [0.25, 0.3) is 10.9 Å². The van der Waals surface area contributed by atoms with Crippen LogP contribution in [0.1, 0.15) is 11.5 Å². The highest BCUT2D eigenvalue weighted by molar-refractivity contribution is 5.92. The largest absolute Gasteiger partial charge is 0.497 e. The van der Waals surface area contributed by atoms with Crippen LogP contribution in [0.4, 0.5) is 5.69 Å². The van der Waals surface area contributed by atoms with Gasteiger partial charge >= 0.3 is 0 Å². The molecule has 0 amide bonds. The van der Waals surface area contributed by atoms with Crippen molar-refractivity contribution in [3.63, 3.8) is 0 Å². The molecule has 2 heterocycles. The molecule has 0 aliphatic heterocycles. The molecule has 0 atom stereocenters. The van der Waals surface area contributed by atoms with Crippen LogP contribution in [0.3, 0.4) is 0 Å². The quantitative estimate of drug-likeness (QED) is 0.782. The zero-order valence-corrected chi connectivity index (χ0v) is 11.5. The van der Waals surface area contributed by atoms with Gasteiger partial charge in [-0.2, -0.15) is 0 Å². The molecule has 0 unspecified atom stereocenters. The number of benzene rings is 1. The highest BCUT2D eigenvalue weighted by Crippen LogP contribution is 2.27. The van der Waals surface area contributed by atoms with Crippen molar-refractivity contribution in [3.05, 3.63) is 54.1 Å². The molecule has 1 N–H and O–H groups in total. The third-order valence-corrected chi connectivity index (χ3v) is 3.18. The van der Waals surface area contributed by atoms with Gasteiger partial charge in [-0.05, 0) is 37.3 Å². The summed E-state index contributed by atoms with van der Waals surface area (Å²) in [6.07, 6.45) is 1.68. The van der Waals surface area contributed by atoms with Gasteiger partial charge in [-0.15, -0.1) is 0 Å². The van der Waals surface area contributed by atoms with Crippen molar-refractivity contribution in [2.24, 2.45) is 0 Å². The van der Waals surface area contributed by atoms with Crippen molar-refractivity contribution in [1.29, 1.82) is 0 Å². The van der Waals surface area contributed by atoms with E-state index < -0.39 is 0 Å².